The molecule has 1 aliphatic carbocycles. The minimum absolute atomic E-state index is 0.0194. The quantitative estimate of drug-likeness (QED) is 0.468. The highest BCUT2D eigenvalue weighted by Gasteiger charge is 2.27. The molecular weight excluding hydrogens is 408 g/mol. The van der Waals surface area contributed by atoms with Gasteiger partial charge in [-0.25, -0.2) is 4.98 Å². The number of aryl methyl sites for hydroxylation is 3. The van der Waals surface area contributed by atoms with E-state index in [2.05, 4.69) is 10.5 Å². The van der Waals surface area contributed by atoms with E-state index in [0.717, 1.165) is 46.3 Å². The summed E-state index contributed by atoms with van der Waals surface area (Å²) in [6.07, 6.45) is 4.17. The van der Waals surface area contributed by atoms with Crippen LogP contribution >= 0.6 is 23.1 Å². The molecule has 1 aliphatic rings. The molecule has 0 radical (unpaired) electrons. The van der Waals surface area contributed by atoms with Crippen molar-refractivity contribution in [1.29, 1.82) is 0 Å². The van der Waals surface area contributed by atoms with Gasteiger partial charge in [0.05, 0.1) is 10.6 Å². The maximum Gasteiger partial charge on any atom is 0.263 e. The van der Waals surface area contributed by atoms with Crippen molar-refractivity contribution in [1.82, 2.24) is 14.7 Å². The Morgan fingerprint density at radius 1 is 1.34 bits per heavy atom. The molecule has 0 saturated heterocycles. The first-order chi connectivity index (χ1) is 13.8. The highest BCUT2D eigenvalue weighted by atomic mass is 32.2. The number of hydrogen-bond acceptors (Lipinski definition) is 7. The van der Waals surface area contributed by atoms with Crippen LogP contribution in [0.1, 0.15) is 54.8 Å². The van der Waals surface area contributed by atoms with Crippen LogP contribution in [0.25, 0.3) is 10.2 Å². The van der Waals surface area contributed by atoms with Crippen molar-refractivity contribution in [3.05, 3.63) is 32.6 Å². The molecule has 0 bridgehead atoms. The van der Waals surface area contributed by atoms with Crippen molar-refractivity contribution in [2.45, 2.75) is 69.8 Å². The predicted molar refractivity (Wildman–Crippen MR) is 116 cm³/mol. The van der Waals surface area contributed by atoms with Gasteiger partial charge in [-0.05, 0) is 46.1 Å². The number of amides is 1. The third-order valence-electron chi connectivity index (χ3n) is 5.42. The number of carbonyl (C=O) groups is 1. The van der Waals surface area contributed by atoms with Crippen LogP contribution < -0.4 is 10.9 Å². The summed E-state index contributed by atoms with van der Waals surface area (Å²) in [5, 5.41) is 7.47. The van der Waals surface area contributed by atoms with Gasteiger partial charge in [0, 0.05) is 17.0 Å². The van der Waals surface area contributed by atoms with Gasteiger partial charge in [0.25, 0.3) is 5.56 Å². The second-order valence-electron chi connectivity index (χ2n) is 7.54. The van der Waals surface area contributed by atoms with Crippen LogP contribution in [0.2, 0.25) is 0 Å². The molecule has 3 heterocycles. The van der Waals surface area contributed by atoms with E-state index in [-0.39, 0.29) is 17.5 Å². The molecule has 0 aromatic carbocycles. The van der Waals surface area contributed by atoms with E-state index in [1.165, 1.54) is 23.1 Å². The third kappa shape index (κ3) is 3.85. The highest BCUT2D eigenvalue weighted by molar-refractivity contribution is 8.00. The molecule has 1 atom stereocenters. The molecule has 4 rings (SSSR count). The summed E-state index contributed by atoms with van der Waals surface area (Å²) in [5.74, 6) is 0.821. The Morgan fingerprint density at radius 3 is 2.72 bits per heavy atom. The Balaban J connectivity index is 1.69. The largest absolute Gasteiger partial charge is 0.360 e. The zero-order valence-corrected chi connectivity index (χ0v) is 18.6. The Kier molecular flexibility index (Phi) is 5.52. The van der Waals surface area contributed by atoms with E-state index in [1.807, 2.05) is 25.3 Å². The Morgan fingerprint density at radius 2 is 2.07 bits per heavy atom. The number of nitrogens with one attached hydrogen (secondary N) is 1. The van der Waals surface area contributed by atoms with Crippen LogP contribution in [0.3, 0.4) is 0 Å². The molecule has 1 fully saturated rings. The molecule has 3 aromatic heterocycles. The number of carbonyl (C=O) groups excluding carboxylic acids is 1. The molecule has 0 aliphatic heterocycles. The summed E-state index contributed by atoms with van der Waals surface area (Å²) < 4.78 is 6.84. The predicted octanol–water partition coefficient (Wildman–Crippen LogP) is 4.61. The second-order valence-corrected chi connectivity index (χ2v) is 10.1. The van der Waals surface area contributed by atoms with E-state index in [0.29, 0.717) is 16.7 Å². The number of anilines is 1. The lowest BCUT2D eigenvalue weighted by Gasteiger charge is -2.19. The fourth-order valence-corrected chi connectivity index (χ4v) is 5.77. The van der Waals surface area contributed by atoms with E-state index in [1.54, 1.807) is 13.0 Å². The molecule has 7 nitrogen and oxygen atoms in total. The molecule has 1 saturated carbocycles. The maximum atomic E-state index is 13.4. The summed E-state index contributed by atoms with van der Waals surface area (Å²) in [7, 11) is 0. The summed E-state index contributed by atoms with van der Waals surface area (Å²) in [6.45, 7) is 7.58. The summed E-state index contributed by atoms with van der Waals surface area (Å²) in [6, 6.07) is 1.82. The van der Waals surface area contributed by atoms with Crippen molar-refractivity contribution in [2.24, 2.45) is 0 Å². The Labute approximate surface area is 176 Å². The lowest BCUT2D eigenvalue weighted by atomic mass is 10.2. The van der Waals surface area contributed by atoms with Crippen LogP contribution in [0.5, 0.6) is 0 Å². The molecule has 154 valence electrons. The van der Waals surface area contributed by atoms with E-state index in [4.69, 9.17) is 9.51 Å². The minimum atomic E-state index is -0.439. The smallest absolute Gasteiger partial charge is 0.263 e. The van der Waals surface area contributed by atoms with Gasteiger partial charge in [-0.3, -0.25) is 14.2 Å². The van der Waals surface area contributed by atoms with Gasteiger partial charge in [0.15, 0.2) is 11.0 Å². The normalized spacial score (nSPS) is 15.9. The number of fused-ring (bicyclic) bond motifs is 1. The van der Waals surface area contributed by atoms with E-state index >= 15 is 0 Å². The van der Waals surface area contributed by atoms with Gasteiger partial charge in [-0.15, -0.1) is 11.3 Å². The van der Waals surface area contributed by atoms with Gasteiger partial charge >= 0.3 is 0 Å². The fraction of sp³-hybridized carbons (Fsp3) is 0.500. The SMILES string of the molecule is Cc1cc(NC(=O)C(C)Sc2nc3sc(C)c(C)c3c(=O)n2C2CCCC2)no1. The molecule has 0 spiro atoms. The van der Waals surface area contributed by atoms with Crippen LogP contribution in [0.4, 0.5) is 5.82 Å². The monoisotopic (exact) mass is 432 g/mol. The second kappa shape index (κ2) is 7.95. The topological polar surface area (TPSA) is 90.0 Å². The number of thioether (sulfide) groups is 1. The van der Waals surface area contributed by atoms with E-state index in [9.17, 15) is 9.59 Å². The fourth-order valence-electron chi connectivity index (χ4n) is 3.72. The third-order valence-corrected chi connectivity index (χ3v) is 7.59. The summed E-state index contributed by atoms with van der Waals surface area (Å²) in [4.78, 5) is 32.7. The lowest BCUT2D eigenvalue weighted by Crippen LogP contribution is -2.29. The van der Waals surface area contributed by atoms with Crippen molar-refractivity contribution in [2.75, 3.05) is 5.32 Å². The standard InChI is InChI=1S/C20H24N4O3S2/c1-10-9-15(23-27-10)21-17(25)13(4)29-20-22-18-16(11(2)12(3)28-18)19(26)24(20)14-7-5-6-8-14/h9,13-14H,5-8H2,1-4H3,(H,21,23,25). The molecule has 29 heavy (non-hydrogen) atoms. The first-order valence-electron chi connectivity index (χ1n) is 9.78. The van der Waals surface area contributed by atoms with Gasteiger partial charge < -0.3 is 9.84 Å². The summed E-state index contributed by atoms with van der Waals surface area (Å²) in [5.41, 5.74) is 1.03. The van der Waals surface area contributed by atoms with Crippen molar-refractivity contribution in [3.63, 3.8) is 0 Å². The van der Waals surface area contributed by atoms with Crippen molar-refractivity contribution < 1.29 is 9.32 Å². The van der Waals surface area contributed by atoms with Gasteiger partial charge in [-0.1, -0.05) is 29.8 Å². The van der Waals surface area contributed by atoms with E-state index < -0.39 is 5.25 Å². The number of nitrogens with zero attached hydrogens (tertiary/aromatic N) is 3. The number of aromatic nitrogens is 3. The zero-order chi connectivity index (χ0) is 20.7. The lowest BCUT2D eigenvalue weighted by molar-refractivity contribution is -0.115. The number of rotatable bonds is 5. The molecule has 9 heteroatoms. The molecule has 3 aromatic rings. The number of thiophene rings is 1. The minimum Gasteiger partial charge on any atom is -0.360 e. The molecule has 1 amide bonds. The summed E-state index contributed by atoms with van der Waals surface area (Å²) >= 11 is 2.86. The van der Waals surface area contributed by atoms with Gasteiger partial charge in [0.1, 0.15) is 10.6 Å². The van der Waals surface area contributed by atoms with Crippen LogP contribution in [-0.2, 0) is 4.79 Å². The van der Waals surface area contributed by atoms with Gasteiger partial charge in [-0.2, -0.15) is 0 Å². The van der Waals surface area contributed by atoms with Crippen LogP contribution in [-0.4, -0.2) is 25.9 Å². The first-order valence-corrected chi connectivity index (χ1v) is 11.5. The van der Waals surface area contributed by atoms with Crippen LogP contribution in [0.15, 0.2) is 20.5 Å². The zero-order valence-electron chi connectivity index (χ0n) is 16.9. The highest BCUT2D eigenvalue weighted by Crippen LogP contribution is 2.35. The molecule has 1 unspecified atom stereocenters. The molecule has 1 N–H and O–H groups in total. The van der Waals surface area contributed by atoms with Crippen molar-refractivity contribution >= 4 is 45.0 Å². The maximum absolute atomic E-state index is 13.4. The Bertz CT molecular complexity index is 1120. The average Bonchev–Trinajstić information content (AvgIpc) is 3.38. The number of hydrogen-bond donors (Lipinski definition) is 1. The van der Waals surface area contributed by atoms with Crippen molar-refractivity contribution in [3.8, 4) is 0 Å². The average molecular weight is 433 g/mol. The first kappa shape index (κ1) is 20.2. The Hall–Kier alpha value is -2.13. The molecular formula is C20H24N4O3S2. The van der Waals surface area contributed by atoms with Crippen LogP contribution in [0, 0.1) is 20.8 Å². The van der Waals surface area contributed by atoms with Gasteiger partial charge in [0.2, 0.25) is 5.91 Å².